The summed E-state index contributed by atoms with van der Waals surface area (Å²) in [5.41, 5.74) is 1.00. The van der Waals surface area contributed by atoms with Gasteiger partial charge in [-0.15, -0.1) is 0 Å². The van der Waals surface area contributed by atoms with E-state index in [2.05, 4.69) is 24.1 Å². The summed E-state index contributed by atoms with van der Waals surface area (Å²) in [7, 11) is 0. The highest BCUT2D eigenvalue weighted by Gasteiger charge is 2.09. The molecule has 74 valence electrons. The third-order valence-corrected chi connectivity index (χ3v) is 2.33. The molecule has 0 radical (unpaired) electrons. The highest BCUT2D eigenvalue weighted by Crippen LogP contribution is 2.12. The number of imidazole rings is 1. The Labute approximate surface area is 84.2 Å². The first-order chi connectivity index (χ1) is 6.15. The molecule has 13 heavy (non-hydrogen) atoms. The molecule has 0 aliphatic rings. The van der Waals surface area contributed by atoms with Crippen molar-refractivity contribution in [3.05, 3.63) is 17.7 Å². The molecule has 1 N–H and O–H groups in total. The minimum Gasteiger partial charge on any atom is -0.309 e. The van der Waals surface area contributed by atoms with E-state index in [1.54, 1.807) is 0 Å². The quantitative estimate of drug-likeness (QED) is 0.810. The van der Waals surface area contributed by atoms with Crippen LogP contribution in [0.2, 0.25) is 0 Å². The second-order valence-corrected chi connectivity index (χ2v) is 3.56. The predicted molar refractivity (Wildman–Crippen MR) is 54.9 cm³/mol. The molecule has 0 spiro atoms. The smallest absolute Gasteiger partial charge is 0.120 e. The van der Waals surface area contributed by atoms with E-state index in [0.29, 0.717) is 0 Å². The van der Waals surface area contributed by atoms with Gasteiger partial charge in [0.1, 0.15) is 5.82 Å². The summed E-state index contributed by atoms with van der Waals surface area (Å²) >= 11 is 5.83. The minimum absolute atomic E-state index is 0.277. The molecule has 4 heteroatoms. The van der Waals surface area contributed by atoms with Crippen LogP contribution in [-0.4, -0.2) is 15.6 Å². The molecule has 1 aromatic heterocycles. The predicted octanol–water partition coefficient (Wildman–Crippen LogP) is 2.25. The molecule has 3 nitrogen and oxygen atoms in total. The lowest BCUT2D eigenvalue weighted by molar-refractivity contribution is 0.560. The second kappa shape index (κ2) is 4.63. The monoisotopic (exact) mass is 201 g/mol. The third-order valence-electron chi connectivity index (χ3n) is 1.99. The van der Waals surface area contributed by atoms with Gasteiger partial charge < -0.3 is 5.32 Å². The fourth-order valence-electron chi connectivity index (χ4n) is 1.15. The average molecular weight is 202 g/mol. The highest BCUT2D eigenvalue weighted by molar-refractivity contribution is 6.15. The summed E-state index contributed by atoms with van der Waals surface area (Å²) < 4.78 is 1.53. The molecular weight excluding hydrogens is 186 g/mol. The number of rotatable bonds is 4. The molecule has 1 aromatic rings. The lowest BCUT2D eigenvalue weighted by atomic mass is 10.2. The zero-order valence-corrected chi connectivity index (χ0v) is 9.10. The van der Waals surface area contributed by atoms with Gasteiger partial charge in [-0.2, -0.15) is 0 Å². The van der Waals surface area contributed by atoms with E-state index in [1.807, 2.05) is 13.1 Å². The van der Waals surface area contributed by atoms with Crippen LogP contribution in [0, 0.1) is 6.92 Å². The molecule has 0 bridgehead atoms. The van der Waals surface area contributed by atoms with Gasteiger partial charge in [0.2, 0.25) is 0 Å². The Kier molecular flexibility index (Phi) is 3.75. The van der Waals surface area contributed by atoms with Gasteiger partial charge in [0, 0.05) is 24.0 Å². The molecule has 1 unspecified atom stereocenters. The maximum absolute atomic E-state index is 5.83. The van der Waals surface area contributed by atoms with Crippen LogP contribution in [0.15, 0.2) is 6.20 Å². The molecule has 1 heterocycles. The van der Waals surface area contributed by atoms with Crippen LogP contribution in [-0.2, 0) is 0 Å². The zero-order valence-electron chi connectivity index (χ0n) is 8.34. The maximum atomic E-state index is 5.83. The first-order valence-corrected chi connectivity index (χ1v) is 4.94. The van der Waals surface area contributed by atoms with E-state index < -0.39 is 0 Å². The highest BCUT2D eigenvalue weighted by atomic mass is 35.5. The molecule has 0 saturated heterocycles. The van der Waals surface area contributed by atoms with Crippen LogP contribution in [0.4, 0.5) is 0 Å². The molecule has 0 aliphatic heterocycles. The third kappa shape index (κ3) is 2.71. The largest absolute Gasteiger partial charge is 0.309 e. The molecule has 1 atom stereocenters. The van der Waals surface area contributed by atoms with Gasteiger partial charge in [-0.1, -0.05) is 6.92 Å². The Balaban J connectivity index is 2.60. The van der Waals surface area contributed by atoms with Crippen LogP contribution in [0.5, 0.6) is 0 Å². The van der Waals surface area contributed by atoms with E-state index in [0.717, 1.165) is 24.5 Å². The van der Waals surface area contributed by atoms with Crippen LogP contribution in [0.25, 0.3) is 0 Å². The van der Waals surface area contributed by atoms with E-state index in [9.17, 15) is 0 Å². The number of nitrogens with one attached hydrogen (secondary N) is 1. The number of hydrogen-bond donors (Lipinski definition) is 1. The molecule has 0 aromatic carbocycles. The summed E-state index contributed by atoms with van der Waals surface area (Å²) in [4.78, 5) is 4.33. The van der Waals surface area contributed by atoms with Crippen molar-refractivity contribution in [2.24, 2.45) is 0 Å². The van der Waals surface area contributed by atoms with Crippen molar-refractivity contribution < 1.29 is 0 Å². The summed E-state index contributed by atoms with van der Waals surface area (Å²) in [6.45, 7) is 7.14. The van der Waals surface area contributed by atoms with Gasteiger partial charge >= 0.3 is 0 Å². The van der Waals surface area contributed by atoms with Gasteiger partial charge in [-0.25, -0.2) is 9.07 Å². The number of hydrogen-bond acceptors (Lipinski definition) is 2. The van der Waals surface area contributed by atoms with Crippen LogP contribution in [0.1, 0.15) is 37.8 Å². The Morgan fingerprint density at radius 3 is 2.85 bits per heavy atom. The molecule has 0 saturated carbocycles. The standard InChI is InChI=1S/C9H16ClN3/c1-4-5-11-7(2)9-6-13(10)8(3)12-9/h6-7,11H,4-5H2,1-3H3. The van der Waals surface area contributed by atoms with Gasteiger partial charge in [-0.3, -0.25) is 0 Å². The second-order valence-electron chi connectivity index (χ2n) is 3.20. The number of aromatic nitrogens is 2. The lowest BCUT2D eigenvalue weighted by Gasteiger charge is -2.09. The fourth-order valence-corrected chi connectivity index (χ4v) is 1.28. The zero-order chi connectivity index (χ0) is 9.84. The number of nitrogens with zero attached hydrogens (tertiary/aromatic N) is 2. The van der Waals surface area contributed by atoms with Gasteiger partial charge in [0.05, 0.1) is 5.69 Å². The van der Waals surface area contributed by atoms with E-state index >= 15 is 0 Å². The Morgan fingerprint density at radius 1 is 1.69 bits per heavy atom. The van der Waals surface area contributed by atoms with Crippen molar-refractivity contribution in [3.63, 3.8) is 0 Å². The summed E-state index contributed by atoms with van der Waals surface area (Å²) in [6.07, 6.45) is 2.98. The average Bonchev–Trinajstić information content (AvgIpc) is 2.43. The van der Waals surface area contributed by atoms with Crippen LogP contribution < -0.4 is 5.32 Å². The van der Waals surface area contributed by atoms with Gasteiger partial charge in [0.25, 0.3) is 0 Å². The SMILES string of the molecule is CCCNC(C)c1cn(Cl)c(C)n1. The molecule has 1 rings (SSSR count). The van der Waals surface area contributed by atoms with Crippen LogP contribution >= 0.6 is 11.8 Å². The molecule has 0 fully saturated rings. The normalized spacial score (nSPS) is 13.2. The molecule has 0 aliphatic carbocycles. The summed E-state index contributed by atoms with van der Waals surface area (Å²) in [5.74, 6) is 0.835. The van der Waals surface area contributed by atoms with Crippen molar-refractivity contribution >= 4 is 11.8 Å². The van der Waals surface area contributed by atoms with E-state index in [4.69, 9.17) is 11.8 Å². The molecular formula is C9H16ClN3. The fraction of sp³-hybridized carbons (Fsp3) is 0.667. The van der Waals surface area contributed by atoms with Gasteiger partial charge in [-0.05, 0) is 26.8 Å². The van der Waals surface area contributed by atoms with E-state index in [-0.39, 0.29) is 6.04 Å². The topological polar surface area (TPSA) is 29.9 Å². The Hall–Kier alpha value is -0.540. The first kappa shape index (κ1) is 10.5. The summed E-state index contributed by atoms with van der Waals surface area (Å²) in [5, 5.41) is 3.35. The van der Waals surface area contributed by atoms with Crippen LogP contribution in [0.3, 0.4) is 0 Å². The maximum Gasteiger partial charge on any atom is 0.120 e. The van der Waals surface area contributed by atoms with Crippen molar-refractivity contribution in [2.45, 2.75) is 33.2 Å². The molecule has 0 amide bonds. The van der Waals surface area contributed by atoms with Crippen molar-refractivity contribution in [1.82, 2.24) is 14.4 Å². The first-order valence-electron chi connectivity index (χ1n) is 4.60. The van der Waals surface area contributed by atoms with Crippen molar-refractivity contribution in [3.8, 4) is 0 Å². The number of aryl methyl sites for hydroxylation is 1. The minimum atomic E-state index is 0.277. The Bertz CT molecular complexity index is 250. The Morgan fingerprint density at radius 2 is 2.38 bits per heavy atom. The van der Waals surface area contributed by atoms with Gasteiger partial charge in [0.15, 0.2) is 0 Å². The summed E-state index contributed by atoms with van der Waals surface area (Å²) in [6, 6.07) is 0.277. The van der Waals surface area contributed by atoms with Crippen molar-refractivity contribution in [1.29, 1.82) is 0 Å². The lowest BCUT2D eigenvalue weighted by Crippen LogP contribution is -2.19. The van der Waals surface area contributed by atoms with E-state index in [1.165, 1.54) is 4.09 Å². The van der Waals surface area contributed by atoms with Crippen molar-refractivity contribution in [2.75, 3.05) is 6.54 Å². The number of halogens is 1.